The Morgan fingerprint density at radius 1 is 1.26 bits per heavy atom. The molecule has 2 heterocycles. The van der Waals surface area contributed by atoms with Gasteiger partial charge in [0, 0.05) is 12.6 Å². The van der Waals surface area contributed by atoms with Crippen LogP contribution in [0.1, 0.15) is 40.1 Å². The second-order valence-corrected chi connectivity index (χ2v) is 5.98. The Morgan fingerprint density at radius 2 is 2.09 bits per heavy atom. The van der Waals surface area contributed by atoms with Crippen molar-refractivity contribution >= 4 is 11.6 Å². The van der Waals surface area contributed by atoms with Crippen molar-refractivity contribution in [3.63, 3.8) is 0 Å². The van der Waals surface area contributed by atoms with Crippen LogP contribution in [0.4, 0.5) is 5.69 Å². The van der Waals surface area contributed by atoms with E-state index >= 15 is 0 Å². The number of carbonyl (C=O) groups is 1. The Labute approximate surface area is 135 Å². The van der Waals surface area contributed by atoms with Crippen molar-refractivity contribution in [2.24, 2.45) is 5.73 Å². The van der Waals surface area contributed by atoms with Crippen molar-refractivity contribution < 1.29 is 9.53 Å². The first-order chi connectivity index (χ1) is 11.2. The zero-order valence-electron chi connectivity index (χ0n) is 13.0. The second-order valence-electron chi connectivity index (χ2n) is 5.98. The number of rotatable bonds is 2. The molecule has 2 aliphatic rings. The summed E-state index contributed by atoms with van der Waals surface area (Å²) in [6, 6.07) is 13.6. The Hall–Kier alpha value is -2.53. The van der Waals surface area contributed by atoms with E-state index in [0.717, 1.165) is 35.5 Å². The monoisotopic (exact) mass is 309 g/mol. The van der Waals surface area contributed by atoms with Crippen LogP contribution < -0.4 is 20.7 Å². The van der Waals surface area contributed by atoms with Crippen LogP contribution in [0, 0.1) is 0 Å². The molecule has 0 aliphatic carbocycles. The number of nitrogens with one attached hydrogen (secondary N) is 1. The van der Waals surface area contributed by atoms with Gasteiger partial charge in [0.1, 0.15) is 11.9 Å². The molecule has 5 heteroatoms. The average molecular weight is 309 g/mol. The van der Waals surface area contributed by atoms with E-state index in [4.69, 9.17) is 10.5 Å². The van der Waals surface area contributed by atoms with Crippen LogP contribution in [-0.2, 0) is 0 Å². The fourth-order valence-corrected chi connectivity index (χ4v) is 3.52. The third-order valence-electron chi connectivity index (χ3n) is 4.67. The molecular weight excluding hydrogens is 290 g/mol. The van der Waals surface area contributed by atoms with E-state index in [9.17, 15) is 4.79 Å². The zero-order valence-corrected chi connectivity index (χ0v) is 13.0. The minimum Gasteiger partial charge on any atom is -0.497 e. The highest BCUT2D eigenvalue weighted by atomic mass is 16.5. The third kappa shape index (κ3) is 2.16. The summed E-state index contributed by atoms with van der Waals surface area (Å²) in [5, 5.41) is 3.11. The second kappa shape index (κ2) is 5.28. The lowest BCUT2D eigenvalue weighted by Gasteiger charge is -2.44. The largest absolute Gasteiger partial charge is 0.497 e. The summed E-state index contributed by atoms with van der Waals surface area (Å²) >= 11 is 0. The van der Waals surface area contributed by atoms with Gasteiger partial charge in [-0.2, -0.15) is 0 Å². The molecule has 0 radical (unpaired) electrons. The fourth-order valence-electron chi connectivity index (χ4n) is 3.52. The number of hydrogen-bond donors (Lipinski definition) is 2. The summed E-state index contributed by atoms with van der Waals surface area (Å²) in [5.41, 5.74) is 9.99. The molecule has 1 amide bonds. The predicted octanol–water partition coefficient (Wildman–Crippen LogP) is 2.35. The number of carbonyl (C=O) groups excluding carboxylic acids is 1. The number of ether oxygens (including phenoxy) is 1. The number of nitrogens with two attached hydrogens (primary N) is 1. The lowest BCUT2D eigenvalue weighted by atomic mass is 9.90. The molecule has 2 aromatic rings. The fraction of sp³-hybridized carbons (Fsp3) is 0.278. The van der Waals surface area contributed by atoms with Gasteiger partial charge in [-0.1, -0.05) is 24.3 Å². The highest BCUT2D eigenvalue weighted by molar-refractivity contribution is 6.03. The number of anilines is 1. The van der Waals surface area contributed by atoms with Crippen molar-refractivity contribution in [1.82, 2.24) is 5.32 Å². The zero-order chi connectivity index (χ0) is 16.0. The summed E-state index contributed by atoms with van der Waals surface area (Å²) < 4.78 is 5.31. The quantitative estimate of drug-likeness (QED) is 0.893. The molecule has 0 saturated carbocycles. The minimum absolute atomic E-state index is 0.0157. The van der Waals surface area contributed by atoms with Gasteiger partial charge in [0.25, 0.3) is 5.91 Å². The topological polar surface area (TPSA) is 67.6 Å². The van der Waals surface area contributed by atoms with Crippen LogP contribution in [-0.4, -0.2) is 19.6 Å². The van der Waals surface area contributed by atoms with E-state index < -0.39 is 0 Å². The van der Waals surface area contributed by atoms with E-state index in [1.165, 1.54) is 0 Å². The van der Waals surface area contributed by atoms with Crippen molar-refractivity contribution in [3.05, 3.63) is 59.2 Å². The Kier molecular flexibility index (Phi) is 3.23. The minimum atomic E-state index is -0.196. The standard InChI is InChI=1S/C18H19N3O2/c1-23-12-5-2-4-11(10-12)17-20-18(22)14-7-3-6-13-15(19)8-9-21(17)16(13)14/h2-7,10,15,17H,8-9,19H2,1H3,(H,20,22)/t15-,17+/m0/s1. The van der Waals surface area contributed by atoms with Gasteiger partial charge in [0.05, 0.1) is 18.4 Å². The van der Waals surface area contributed by atoms with Gasteiger partial charge in [0.15, 0.2) is 0 Å². The molecule has 0 unspecified atom stereocenters. The van der Waals surface area contributed by atoms with E-state index in [-0.39, 0.29) is 18.1 Å². The predicted molar refractivity (Wildman–Crippen MR) is 88.5 cm³/mol. The van der Waals surface area contributed by atoms with Gasteiger partial charge in [0.2, 0.25) is 0 Å². The lowest BCUT2D eigenvalue weighted by Crippen LogP contribution is -2.49. The number of nitrogens with zero attached hydrogens (tertiary/aromatic N) is 1. The third-order valence-corrected chi connectivity index (χ3v) is 4.67. The van der Waals surface area contributed by atoms with Crippen LogP contribution >= 0.6 is 0 Å². The molecule has 2 aromatic carbocycles. The van der Waals surface area contributed by atoms with Crippen LogP contribution in [0.25, 0.3) is 0 Å². The normalized spacial score (nSPS) is 22.3. The van der Waals surface area contributed by atoms with Gasteiger partial charge >= 0.3 is 0 Å². The molecule has 4 rings (SSSR count). The maximum Gasteiger partial charge on any atom is 0.255 e. The maximum absolute atomic E-state index is 12.6. The first-order valence-electron chi connectivity index (χ1n) is 7.79. The molecule has 5 nitrogen and oxygen atoms in total. The Bertz CT molecular complexity index is 775. The Balaban J connectivity index is 1.84. The molecule has 2 atom stereocenters. The van der Waals surface area contributed by atoms with Gasteiger partial charge < -0.3 is 20.7 Å². The molecular formula is C18H19N3O2. The molecule has 0 fully saturated rings. The van der Waals surface area contributed by atoms with Crippen LogP contribution in [0.2, 0.25) is 0 Å². The number of hydrogen-bond acceptors (Lipinski definition) is 4. The first kappa shape index (κ1) is 14.1. The average Bonchev–Trinajstić information content (AvgIpc) is 2.60. The molecule has 118 valence electrons. The summed E-state index contributed by atoms with van der Waals surface area (Å²) in [4.78, 5) is 14.8. The smallest absolute Gasteiger partial charge is 0.255 e. The van der Waals surface area contributed by atoms with E-state index in [0.29, 0.717) is 5.56 Å². The summed E-state index contributed by atoms with van der Waals surface area (Å²) in [6.45, 7) is 0.813. The van der Waals surface area contributed by atoms with Gasteiger partial charge in [-0.15, -0.1) is 0 Å². The Morgan fingerprint density at radius 3 is 2.91 bits per heavy atom. The SMILES string of the molecule is COc1cccc([C@@H]2NC(=O)c3cccc4c3N2CC[C@@H]4N)c1. The molecule has 3 N–H and O–H groups in total. The van der Waals surface area contributed by atoms with E-state index in [1.807, 2.05) is 42.5 Å². The van der Waals surface area contributed by atoms with Crippen LogP contribution in [0.5, 0.6) is 5.75 Å². The van der Waals surface area contributed by atoms with Gasteiger partial charge in [-0.3, -0.25) is 4.79 Å². The number of methoxy groups -OCH3 is 1. The molecule has 0 bridgehead atoms. The van der Waals surface area contributed by atoms with Crippen molar-refractivity contribution in [2.45, 2.75) is 18.6 Å². The molecule has 2 aliphatic heterocycles. The summed E-state index contributed by atoms with van der Waals surface area (Å²) in [6.07, 6.45) is 0.672. The van der Waals surface area contributed by atoms with Crippen molar-refractivity contribution in [2.75, 3.05) is 18.6 Å². The van der Waals surface area contributed by atoms with Gasteiger partial charge in [-0.05, 0) is 35.7 Å². The number of amides is 1. The van der Waals surface area contributed by atoms with Crippen LogP contribution in [0.15, 0.2) is 42.5 Å². The number of para-hydroxylation sites is 1. The molecule has 0 saturated heterocycles. The van der Waals surface area contributed by atoms with E-state index in [2.05, 4.69) is 10.2 Å². The molecule has 23 heavy (non-hydrogen) atoms. The number of benzene rings is 2. The summed E-state index contributed by atoms with van der Waals surface area (Å²) in [5.74, 6) is 0.726. The lowest BCUT2D eigenvalue weighted by molar-refractivity contribution is 0.0925. The highest BCUT2D eigenvalue weighted by Crippen LogP contribution is 2.42. The summed E-state index contributed by atoms with van der Waals surface area (Å²) in [7, 11) is 1.64. The highest BCUT2D eigenvalue weighted by Gasteiger charge is 2.37. The van der Waals surface area contributed by atoms with Gasteiger partial charge in [-0.25, -0.2) is 0 Å². The van der Waals surface area contributed by atoms with Crippen LogP contribution in [0.3, 0.4) is 0 Å². The molecule has 0 aromatic heterocycles. The first-order valence-corrected chi connectivity index (χ1v) is 7.79. The van der Waals surface area contributed by atoms with Crippen molar-refractivity contribution in [1.29, 1.82) is 0 Å². The molecule has 0 spiro atoms. The van der Waals surface area contributed by atoms with E-state index in [1.54, 1.807) is 7.11 Å². The van der Waals surface area contributed by atoms with Crippen molar-refractivity contribution in [3.8, 4) is 5.75 Å². The maximum atomic E-state index is 12.6.